The Hall–Kier alpha value is -1.69. The summed E-state index contributed by atoms with van der Waals surface area (Å²) in [6.07, 6.45) is 0. The van der Waals surface area contributed by atoms with Crippen LogP contribution >= 0.6 is 0 Å². The third-order valence-corrected chi connectivity index (χ3v) is 2.67. The van der Waals surface area contributed by atoms with E-state index in [1.54, 1.807) is 6.92 Å². The third kappa shape index (κ3) is 3.66. The molecule has 6 heteroatoms. The van der Waals surface area contributed by atoms with E-state index in [-0.39, 0.29) is 5.69 Å². The smallest absolute Gasteiger partial charge is 0.295 e. The summed E-state index contributed by atoms with van der Waals surface area (Å²) in [5, 5.41) is 16.9. The minimum Gasteiger partial charge on any atom is -0.379 e. The van der Waals surface area contributed by atoms with E-state index in [4.69, 9.17) is 0 Å². The van der Waals surface area contributed by atoms with Crippen LogP contribution in [0.3, 0.4) is 0 Å². The molecule has 0 saturated heterocycles. The first kappa shape index (κ1) is 14.4. The summed E-state index contributed by atoms with van der Waals surface area (Å²) in [6.45, 7) is 5.00. The molecule has 100 valence electrons. The molecule has 1 aromatic rings. The second-order valence-corrected chi connectivity index (χ2v) is 4.42. The van der Waals surface area contributed by atoms with E-state index in [1.807, 2.05) is 14.0 Å². The Balaban J connectivity index is 2.86. The molecule has 18 heavy (non-hydrogen) atoms. The molecule has 0 aliphatic carbocycles. The maximum absolute atomic E-state index is 13.3. The predicted molar refractivity (Wildman–Crippen MR) is 69.4 cm³/mol. The van der Waals surface area contributed by atoms with Gasteiger partial charge in [0.25, 0.3) is 5.69 Å². The number of nitro groups is 1. The maximum atomic E-state index is 13.3. The number of hydrogen-bond acceptors (Lipinski definition) is 4. The van der Waals surface area contributed by atoms with Gasteiger partial charge in [0.05, 0.1) is 11.0 Å². The number of nitrogens with one attached hydrogen (secondary N) is 2. The van der Waals surface area contributed by atoms with E-state index >= 15 is 0 Å². The molecule has 0 saturated carbocycles. The van der Waals surface area contributed by atoms with E-state index in [0.717, 1.165) is 12.6 Å². The van der Waals surface area contributed by atoms with Crippen molar-refractivity contribution in [3.05, 3.63) is 33.6 Å². The van der Waals surface area contributed by atoms with Crippen molar-refractivity contribution in [2.75, 3.05) is 25.5 Å². The van der Waals surface area contributed by atoms with Crippen LogP contribution in [-0.2, 0) is 0 Å². The Bertz CT molecular complexity index is 438. The zero-order valence-corrected chi connectivity index (χ0v) is 10.8. The van der Waals surface area contributed by atoms with Crippen LogP contribution in [0.5, 0.6) is 0 Å². The fraction of sp³-hybridized carbons (Fsp3) is 0.500. The average Bonchev–Trinajstić information content (AvgIpc) is 2.30. The van der Waals surface area contributed by atoms with Gasteiger partial charge in [-0.2, -0.15) is 0 Å². The Kier molecular flexibility index (Phi) is 5.03. The quantitative estimate of drug-likeness (QED) is 0.604. The summed E-state index contributed by atoms with van der Waals surface area (Å²) < 4.78 is 13.3. The van der Waals surface area contributed by atoms with Crippen LogP contribution in [0.2, 0.25) is 0 Å². The zero-order valence-electron chi connectivity index (χ0n) is 10.8. The monoisotopic (exact) mass is 255 g/mol. The molecule has 0 fully saturated rings. The van der Waals surface area contributed by atoms with Crippen molar-refractivity contribution >= 4 is 11.4 Å². The molecule has 2 N–H and O–H groups in total. The summed E-state index contributed by atoms with van der Waals surface area (Å²) in [7, 11) is 1.85. The average molecular weight is 255 g/mol. The van der Waals surface area contributed by atoms with Crippen molar-refractivity contribution in [2.24, 2.45) is 5.92 Å². The van der Waals surface area contributed by atoms with Gasteiger partial charge < -0.3 is 10.6 Å². The number of benzene rings is 1. The normalized spacial score (nSPS) is 12.2. The number of hydrogen-bond donors (Lipinski definition) is 2. The van der Waals surface area contributed by atoms with Crippen molar-refractivity contribution in [2.45, 2.75) is 13.8 Å². The first-order valence-electron chi connectivity index (χ1n) is 5.78. The zero-order chi connectivity index (χ0) is 13.7. The molecule has 0 spiro atoms. The first-order valence-corrected chi connectivity index (χ1v) is 5.78. The van der Waals surface area contributed by atoms with Gasteiger partial charge in [0.2, 0.25) is 0 Å². The molecule has 0 aliphatic rings. The molecule has 0 radical (unpaired) electrons. The second-order valence-electron chi connectivity index (χ2n) is 4.42. The lowest BCUT2D eigenvalue weighted by Crippen LogP contribution is -2.23. The van der Waals surface area contributed by atoms with Gasteiger partial charge in [-0.15, -0.1) is 0 Å². The SMILES string of the molecule is CNCC(C)CNc1cc(C)c(F)cc1[N+](=O)[O-]. The molecule has 0 amide bonds. The van der Waals surface area contributed by atoms with Crippen molar-refractivity contribution in [3.63, 3.8) is 0 Å². The fourth-order valence-electron chi connectivity index (χ4n) is 1.67. The van der Waals surface area contributed by atoms with Gasteiger partial charge in [-0.3, -0.25) is 10.1 Å². The van der Waals surface area contributed by atoms with Crippen molar-refractivity contribution in [1.29, 1.82) is 0 Å². The predicted octanol–water partition coefficient (Wildman–Crippen LogP) is 2.31. The van der Waals surface area contributed by atoms with Gasteiger partial charge in [0, 0.05) is 6.54 Å². The maximum Gasteiger partial charge on any atom is 0.295 e. The summed E-state index contributed by atoms with van der Waals surface area (Å²) >= 11 is 0. The highest BCUT2D eigenvalue weighted by atomic mass is 19.1. The van der Waals surface area contributed by atoms with Crippen molar-refractivity contribution in [1.82, 2.24) is 5.32 Å². The first-order chi connectivity index (χ1) is 8.45. The number of nitro benzene ring substituents is 1. The lowest BCUT2D eigenvalue weighted by Gasteiger charge is -2.13. The molecule has 1 aromatic carbocycles. The fourth-order valence-corrected chi connectivity index (χ4v) is 1.67. The number of aryl methyl sites for hydroxylation is 1. The highest BCUT2D eigenvalue weighted by molar-refractivity contribution is 5.63. The van der Waals surface area contributed by atoms with Gasteiger partial charge in [-0.25, -0.2) is 4.39 Å². The van der Waals surface area contributed by atoms with Crippen molar-refractivity contribution in [3.8, 4) is 0 Å². The molecule has 0 heterocycles. The van der Waals surface area contributed by atoms with Crippen LogP contribution in [0.1, 0.15) is 12.5 Å². The van der Waals surface area contributed by atoms with Gasteiger partial charge in [-0.05, 0) is 38.1 Å². The van der Waals surface area contributed by atoms with Crippen LogP contribution in [0.25, 0.3) is 0 Å². The standard InChI is InChI=1S/C12H18FN3O2/c1-8(6-14-3)7-15-11-4-9(2)10(13)5-12(11)16(17)18/h4-5,8,14-15H,6-7H2,1-3H3. The molecule has 0 bridgehead atoms. The van der Waals surface area contributed by atoms with E-state index in [9.17, 15) is 14.5 Å². The molecular weight excluding hydrogens is 237 g/mol. The molecule has 1 atom stereocenters. The van der Waals surface area contributed by atoms with E-state index in [1.165, 1.54) is 6.07 Å². The topological polar surface area (TPSA) is 67.2 Å². The number of rotatable bonds is 6. The van der Waals surface area contributed by atoms with Crippen LogP contribution in [0.4, 0.5) is 15.8 Å². The lowest BCUT2D eigenvalue weighted by molar-refractivity contribution is -0.384. The van der Waals surface area contributed by atoms with Crippen LogP contribution in [-0.4, -0.2) is 25.1 Å². The van der Waals surface area contributed by atoms with E-state index < -0.39 is 10.7 Å². The molecule has 1 rings (SSSR count). The summed E-state index contributed by atoms with van der Waals surface area (Å²) in [5.41, 5.74) is 0.529. The Morgan fingerprint density at radius 2 is 2.11 bits per heavy atom. The Labute approximate surface area is 106 Å². The number of halogens is 1. The Morgan fingerprint density at radius 1 is 1.44 bits per heavy atom. The summed E-state index contributed by atoms with van der Waals surface area (Å²) in [6, 6.07) is 2.43. The summed E-state index contributed by atoms with van der Waals surface area (Å²) in [5.74, 6) is -0.240. The number of anilines is 1. The molecule has 0 aliphatic heterocycles. The highest BCUT2D eigenvalue weighted by Gasteiger charge is 2.17. The van der Waals surface area contributed by atoms with Crippen molar-refractivity contribution < 1.29 is 9.31 Å². The lowest BCUT2D eigenvalue weighted by atomic mass is 10.1. The molecule has 5 nitrogen and oxygen atoms in total. The third-order valence-electron chi connectivity index (χ3n) is 2.67. The minimum atomic E-state index is -0.576. The minimum absolute atomic E-state index is 0.227. The van der Waals surface area contributed by atoms with E-state index in [0.29, 0.717) is 23.7 Å². The molecular formula is C12H18FN3O2. The van der Waals surface area contributed by atoms with Gasteiger partial charge >= 0.3 is 0 Å². The largest absolute Gasteiger partial charge is 0.379 e. The van der Waals surface area contributed by atoms with Crippen LogP contribution in [0, 0.1) is 28.8 Å². The Morgan fingerprint density at radius 3 is 2.67 bits per heavy atom. The van der Waals surface area contributed by atoms with Crippen LogP contribution < -0.4 is 10.6 Å². The molecule has 1 unspecified atom stereocenters. The van der Waals surface area contributed by atoms with Crippen LogP contribution in [0.15, 0.2) is 12.1 Å². The van der Waals surface area contributed by atoms with Gasteiger partial charge in [-0.1, -0.05) is 6.92 Å². The highest BCUT2D eigenvalue weighted by Crippen LogP contribution is 2.27. The molecule has 0 aromatic heterocycles. The van der Waals surface area contributed by atoms with E-state index in [2.05, 4.69) is 10.6 Å². The van der Waals surface area contributed by atoms with Gasteiger partial charge in [0.15, 0.2) is 0 Å². The van der Waals surface area contributed by atoms with Gasteiger partial charge in [0.1, 0.15) is 11.5 Å². The second kappa shape index (κ2) is 6.30. The number of nitrogens with zero attached hydrogens (tertiary/aromatic N) is 1. The summed E-state index contributed by atoms with van der Waals surface area (Å²) in [4.78, 5) is 10.3.